The third kappa shape index (κ3) is 1.78. The van der Waals surface area contributed by atoms with Crippen molar-refractivity contribution in [3.05, 3.63) is 58.5 Å². The molecular weight excluding hydrogens is 200 g/mol. The number of carbonyl (C=O) groups excluding carboxylic acids is 1. The summed E-state index contributed by atoms with van der Waals surface area (Å²) in [4.78, 5) is 12.1. The summed E-state index contributed by atoms with van der Waals surface area (Å²) in [6.45, 7) is 5.90. The van der Waals surface area contributed by atoms with Gasteiger partial charge in [0, 0.05) is 5.56 Å². The summed E-state index contributed by atoms with van der Waals surface area (Å²) in [6, 6.07) is 7.50. The zero-order valence-corrected chi connectivity index (χ0v) is 9.70. The standard InChI is InChI=1S/C14H14O2/c1-9-4-5-12(8-11(9)3)13(15)14-10(2)6-7-16-14/h4-8H,1-3H3. The van der Waals surface area contributed by atoms with Gasteiger partial charge in [-0.2, -0.15) is 0 Å². The van der Waals surface area contributed by atoms with Gasteiger partial charge in [-0.15, -0.1) is 0 Å². The average molecular weight is 214 g/mol. The average Bonchev–Trinajstić information content (AvgIpc) is 2.67. The summed E-state index contributed by atoms with van der Waals surface area (Å²) in [5.74, 6) is 0.383. The number of benzene rings is 1. The first-order valence-corrected chi connectivity index (χ1v) is 5.25. The van der Waals surface area contributed by atoms with E-state index in [1.54, 1.807) is 12.3 Å². The Morgan fingerprint density at radius 1 is 1.00 bits per heavy atom. The lowest BCUT2D eigenvalue weighted by molar-refractivity contribution is 0.101. The fourth-order valence-electron chi connectivity index (χ4n) is 1.62. The van der Waals surface area contributed by atoms with Gasteiger partial charge in [0.05, 0.1) is 6.26 Å². The molecule has 2 nitrogen and oxygen atoms in total. The van der Waals surface area contributed by atoms with Gasteiger partial charge in [-0.3, -0.25) is 4.79 Å². The van der Waals surface area contributed by atoms with Crippen molar-refractivity contribution in [3.8, 4) is 0 Å². The lowest BCUT2D eigenvalue weighted by Crippen LogP contribution is -2.02. The van der Waals surface area contributed by atoms with Crippen molar-refractivity contribution in [1.82, 2.24) is 0 Å². The summed E-state index contributed by atoms with van der Waals surface area (Å²) in [5.41, 5.74) is 3.87. The zero-order chi connectivity index (χ0) is 11.7. The van der Waals surface area contributed by atoms with Crippen molar-refractivity contribution in [2.75, 3.05) is 0 Å². The van der Waals surface area contributed by atoms with Gasteiger partial charge in [0.2, 0.25) is 5.78 Å². The summed E-state index contributed by atoms with van der Waals surface area (Å²) >= 11 is 0. The first-order valence-electron chi connectivity index (χ1n) is 5.25. The maximum absolute atomic E-state index is 12.1. The molecule has 0 radical (unpaired) electrons. The van der Waals surface area contributed by atoms with Crippen molar-refractivity contribution in [1.29, 1.82) is 0 Å². The first-order chi connectivity index (χ1) is 7.59. The number of furan rings is 1. The summed E-state index contributed by atoms with van der Waals surface area (Å²) < 4.78 is 5.20. The second-order valence-electron chi connectivity index (χ2n) is 4.06. The van der Waals surface area contributed by atoms with Crippen molar-refractivity contribution < 1.29 is 9.21 Å². The number of hydrogen-bond acceptors (Lipinski definition) is 2. The van der Waals surface area contributed by atoms with Crippen LogP contribution in [0.15, 0.2) is 34.9 Å². The molecule has 0 atom stereocenters. The van der Waals surface area contributed by atoms with E-state index in [0.717, 1.165) is 11.1 Å². The van der Waals surface area contributed by atoms with E-state index in [4.69, 9.17) is 4.42 Å². The number of hydrogen-bond donors (Lipinski definition) is 0. The van der Waals surface area contributed by atoms with Crippen LogP contribution in [0.3, 0.4) is 0 Å². The van der Waals surface area contributed by atoms with Crippen LogP contribution in [0.5, 0.6) is 0 Å². The molecule has 2 rings (SSSR count). The molecule has 1 heterocycles. The maximum atomic E-state index is 12.1. The smallest absolute Gasteiger partial charge is 0.228 e. The summed E-state index contributed by atoms with van der Waals surface area (Å²) in [5, 5.41) is 0. The fourth-order valence-corrected chi connectivity index (χ4v) is 1.62. The highest BCUT2D eigenvalue weighted by atomic mass is 16.3. The van der Waals surface area contributed by atoms with Crippen LogP contribution < -0.4 is 0 Å². The number of rotatable bonds is 2. The Morgan fingerprint density at radius 2 is 1.75 bits per heavy atom. The normalized spacial score (nSPS) is 10.4. The Labute approximate surface area is 94.9 Å². The maximum Gasteiger partial charge on any atom is 0.228 e. The molecule has 2 aromatic rings. The lowest BCUT2D eigenvalue weighted by Gasteiger charge is -2.03. The Kier molecular flexibility index (Phi) is 2.65. The van der Waals surface area contributed by atoms with Crippen LogP contribution in [-0.2, 0) is 0 Å². The predicted octanol–water partition coefficient (Wildman–Crippen LogP) is 3.44. The number of carbonyl (C=O) groups is 1. The van der Waals surface area contributed by atoms with Gasteiger partial charge < -0.3 is 4.42 Å². The third-order valence-electron chi connectivity index (χ3n) is 2.84. The van der Waals surface area contributed by atoms with Crippen LogP contribution in [-0.4, -0.2) is 5.78 Å². The Hall–Kier alpha value is -1.83. The minimum atomic E-state index is -0.0504. The van der Waals surface area contributed by atoms with E-state index >= 15 is 0 Å². The molecule has 82 valence electrons. The van der Waals surface area contributed by atoms with E-state index in [2.05, 4.69) is 0 Å². The predicted molar refractivity (Wildman–Crippen MR) is 62.8 cm³/mol. The molecule has 0 N–H and O–H groups in total. The van der Waals surface area contributed by atoms with Gasteiger partial charge in [-0.25, -0.2) is 0 Å². The minimum absolute atomic E-state index is 0.0504. The van der Waals surface area contributed by atoms with Gasteiger partial charge in [-0.1, -0.05) is 12.1 Å². The van der Waals surface area contributed by atoms with Crippen molar-refractivity contribution in [2.24, 2.45) is 0 Å². The largest absolute Gasteiger partial charge is 0.461 e. The molecule has 0 aliphatic heterocycles. The van der Waals surface area contributed by atoms with E-state index in [1.807, 2.05) is 39.0 Å². The van der Waals surface area contributed by atoms with Crippen LogP contribution in [0, 0.1) is 20.8 Å². The second-order valence-corrected chi connectivity index (χ2v) is 4.06. The lowest BCUT2D eigenvalue weighted by atomic mass is 10.0. The van der Waals surface area contributed by atoms with E-state index in [1.165, 1.54) is 5.56 Å². The first kappa shape index (κ1) is 10.7. The van der Waals surface area contributed by atoms with E-state index in [0.29, 0.717) is 11.3 Å². The molecular formula is C14H14O2. The van der Waals surface area contributed by atoms with Crippen molar-refractivity contribution in [3.63, 3.8) is 0 Å². The molecule has 0 aliphatic rings. The molecule has 0 amide bonds. The second kappa shape index (κ2) is 3.97. The molecule has 0 saturated heterocycles. The quantitative estimate of drug-likeness (QED) is 0.717. The van der Waals surface area contributed by atoms with Crippen LogP contribution in [0.25, 0.3) is 0 Å². The minimum Gasteiger partial charge on any atom is -0.461 e. The van der Waals surface area contributed by atoms with Gasteiger partial charge >= 0.3 is 0 Å². The fraction of sp³-hybridized carbons (Fsp3) is 0.214. The molecule has 1 aromatic heterocycles. The molecule has 0 fully saturated rings. The van der Waals surface area contributed by atoms with Gasteiger partial charge in [0.1, 0.15) is 0 Å². The van der Waals surface area contributed by atoms with Crippen LogP contribution in [0.1, 0.15) is 32.8 Å². The monoisotopic (exact) mass is 214 g/mol. The summed E-state index contributed by atoms with van der Waals surface area (Å²) in [7, 11) is 0. The highest BCUT2D eigenvalue weighted by Crippen LogP contribution is 2.17. The highest BCUT2D eigenvalue weighted by Gasteiger charge is 2.15. The van der Waals surface area contributed by atoms with Crippen LogP contribution in [0.2, 0.25) is 0 Å². The molecule has 0 bridgehead atoms. The Bertz CT molecular complexity index is 535. The van der Waals surface area contributed by atoms with Crippen molar-refractivity contribution in [2.45, 2.75) is 20.8 Å². The van der Waals surface area contributed by atoms with Gasteiger partial charge in [0.15, 0.2) is 5.76 Å². The van der Waals surface area contributed by atoms with Gasteiger partial charge in [-0.05, 0) is 49.6 Å². The number of ketones is 1. The zero-order valence-electron chi connectivity index (χ0n) is 9.70. The SMILES string of the molecule is Cc1ccc(C(=O)c2occc2C)cc1C. The molecule has 1 aromatic carbocycles. The van der Waals surface area contributed by atoms with Crippen LogP contribution in [0.4, 0.5) is 0 Å². The molecule has 2 heteroatoms. The van der Waals surface area contributed by atoms with E-state index < -0.39 is 0 Å². The van der Waals surface area contributed by atoms with E-state index in [-0.39, 0.29) is 5.78 Å². The third-order valence-corrected chi connectivity index (χ3v) is 2.84. The van der Waals surface area contributed by atoms with Gasteiger partial charge in [0.25, 0.3) is 0 Å². The topological polar surface area (TPSA) is 30.2 Å². The molecule has 0 spiro atoms. The Balaban J connectivity index is 2.42. The van der Waals surface area contributed by atoms with Crippen LogP contribution >= 0.6 is 0 Å². The molecule has 0 unspecified atom stereocenters. The number of aryl methyl sites for hydroxylation is 3. The molecule has 16 heavy (non-hydrogen) atoms. The summed E-state index contributed by atoms with van der Waals surface area (Å²) in [6.07, 6.45) is 1.55. The van der Waals surface area contributed by atoms with Crippen molar-refractivity contribution >= 4 is 5.78 Å². The molecule has 0 saturated carbocycles. The van der Waals surface area contributed by atoms with E-state index in [9.17, 15) is 4.79 Å². The highest BCUT2D eigenvalue weighted by molar-refractivity contribution is 6.08. The molecule has 0 aliphatic carbocycles. The Morgan fingerprint density at radius 3 is 2.31 bits per heavy atom.